The summed E-state index contributed by atoms with van der Waals surface area (Å²) in [4.78, 5) is 15.3. The minimum absolute atomic E-state index is 0.319. The van der Waals surface area contributed by atoms with E-state index in [4.69, 9.17) is 0 Å². The lowest BCUT2D eigenvalue weighted by Gasteiger charge is -1.98. The van der Waals surface area contributed by atoms with Crippen LogP contribution in [0, 0.1) is 0 Å². The van der Waals surface area contributed by atoms with E-state index in [2.05, 4.69) is 25.7 Å². The van der Waals surface area contributed by atoms with Crippen molar-refractivity contribution in [3.8, 4) is 0 Å². The van der Waals surface area contributed by atoms with Crippen LogP contribution in [0.25, 0.3) is 5.52 Å². The third-order valence-electron chi connectivity index (χ3n) is 1.89. The zero-order valence-corrected chi connectivity index (χ0v) is 8.98. The first-order valence-corrected chi connectivity index (χ1v) is 4.73. The summed E-state index contributed by atoms with van der Waals surface area (Å²) in [7, 11) is 1.34. The van der Waals surface area contributed by atoms with Gasteiger partial charge in [-0.1, -0.05) is 0 Å². The van der Waals surface area contributed by atoms with Gasteiger partial charge in [-0.25, -0.2) is 9.78 Å². The van der Waals surface area contributed by atoms with Crippen molar-refractivity contribution in [3.05, 3.63) is 34.8 Å². The minimum Gasteiger partial charge on any atom is -0.464 e. The summed E-state index contributed by atoms with van der Waals surface area (Å²) in [6.45, 7) is 0. The normalized spacial score (nSPS) is 10.4. The molecule has 0 fully saturated rings. The van der Waals surface area contributed by atoms with Crippen LogP contribution in [0.1, 0.15) is 10.5 Å². The molecule has 0 aliphatic heterocycles. The maximum absolute atomic E-state index is 11.3. The van der Waals surface area contributed by atoms with E-state index in [1.165, 1.54) is 7.11 Å². The number of hydrogen-bond donors (Lipinski definition) is 0. The third-order valence-corrected chi connectivity index (χ3v) is 2.53. The predicted molar refractivity (Wildman–Crippen MR) is 54.2 cm³/mol. The van der Waals surface area contributed by atoms with Gasteiger partial charge in [0.25, 0.3) is 0 Å². The van der Waals surface area contributed by atoms with E-state index < -0.39 is 5.97 Å². The molecule has 0 unspecified atom stereocenters. The zero-order valence-electron chi connectivity index (χ0n) is 7.40. The van der Waals surface area contributed by atoms with Gasteiger partial charge in [0.1, 0.15) is 6.33 Å². The fourth-order valence-corrected chi connectivity index (χ4v) is 1.80. The molecule has 0 saturated carbocycles. The molecule has 0 atom stereocenters. The van der Waals surface area contributed by atoms with E-state index >= 15 is 0 Å². The molecule has 0 spiro atoms. The Bertz CT molecular complexity index is 493. The number of nitrogens with zero attached hydrogens (tertiary/aromatic N) is 2. The van der Waals surface area contributed by atoms with E-state index in [1.54, 1.807) is 10.7 Å². The molecule has 72 valence electrons. The largest absolute Gasteiger partial charge is 0.464 e. The van der Waals surface area contributed by atoms with Crippen LogP contribution in [0.15, 0.2) is 29.1 Å². The first-order chi connectivity index (χ1) is 6.74. The average Bonchev–Trinajstić information content (AvgIpc) is 2.62. The zero-order chi connectivity index (χ0) is 10.1. The number of pyridine rings is 1. The highest BCUT2D eigenvalue weighted by atomic mass is 79.9. The molecule has 0 aliphatic rings. The second-order valence-electron chi connectivity index (χ2n) is 2.70. The van der Waals surface area contributed by atoms with Crippen molar-refractivity contribution in [3.63, 3.8) is 0 Å². The summed E-state index contributed by atoms with van der Waals surface area (Å²) >= 11 is 3.36. The Morgan fingerprint density at radius 2 is 2.43 bits per heavy atom. The van der Waals surface area contributed by atoms with Crippen molar-refractivity contribution in [2.24, 2.45) is 0 Å². The van der Waals surface area contributed by atoms with Crippen LogP contribution in [0.3, 0.4) is 0 Å². The number of carbonyl (C=O) groups excluding carboxylic acids is 1. The van der Waals surface area contributed by atoms with Gasteiger partial charge in [0.2, 0.25) is 0 Å². The molecule has 0 aliphatic carbocycles. The van der Waals surface area contributed by atoms with Crippen LogP contribution >= 0.6 is 15.9 Å². The number of esters is 1. The van der Waals surface area contributed by atoms with Crippen molar-refractivity contribution in [2.75, 3.05) is 7.11 Å². The lowest BCUT2D eigenvalue weighted by molar-refractivity contribution is 0.0597. The first-order valence-electron chi connectivity index (χ1n) is 3.93. The van der Waals surface area contributed by atoms with Gasteiger partial charge in [0, 0.05) is 10.7 Å². The maximum Gasteiger partial charge on any atom is 0.358 e. The number of carbonyl (C=O) groups is 1. The fourth-order valence-electron chi connectivity index (χ4n) is 1.26. The van der Waals surface area contributed by atoms with Gasteiger partial charge in [0.05, 0.1) is 12.6 Å². The molecule has 4 nitrogen and oxygen atoms in total. The second-order valence-corrected chi connectivity index (χ2v) is 3.55. The Morgan fingerprint density at radius 1 is 1.64 bits per heavy atom. The third kappa shape index (κ3) is 1.29. The summed E-state index contributed by atoms with van der Waals surface area (Å²) in [6.07, 6.45) is 3.39. The van der Waals surface area contributed by atoms with Gasteiger partial charge in [0.15, 0.2) is 5.69 Å². The van der Waals surface area contributed by atoms with Crippen molar-refractivity contribution in [2.45, 2.75) is 0 Å². The highest BCUT2D eigenvalue weighted by Gasteiger charge is 2.15. The number of aromatic nitrogens is 2. The summed E-state index contributed by atoms with van der Waals surface area (Å²) < 4.78 is 7.20. The fraction of sp³-hybridized carbons (Fsp3) is 0.111. The number of imidazole rings is 1. The molecule has 0 aromatic carbocycles. The minimum atomic E-state index is -0.431. The number of hydrogen-bond acceptors (Lipinski definition) is 3. The number of halogens is 1. The summed E-state index contributed by atoms with van der Waals surface area (Å²) in [5.41, 5.74) is 1.04. The molecule has 5 heteroatoms. The van der Waals surface area contributed by atoms with Crippen LogP contribution in [0.4, 0.5) is 0 Å². The van der Waals surface area contributed by atoms with Crippen LogP contribution < -0.4 is 0 Å². The van der Waals surface area contributed by atoms with Crippen LogP contribution in [-0.2, 0) is 4.74 Å². The Kier molecular flexibility index (Phi) is 2.25. The highest BCUT2D eigenvalue weighted by Crippen LogP contribution is 2.21. The maximum atomic E-state index is 11.3. The molecule has 2 rings (SSSR count). The van der Waals surface area contributed by atoms with E-state index in [9.17, 15) is 4.79 Å². The van der Waals surface area contributed by atoms with Gasteiger partial charge >= 0.3 is 5.97 Å². The number of rotatable bonds is 1. The van der Waals surface area contributed by atoms with E-state index in [0.29, 0.717) is 5.69 Å². The van der Waals surface area contributed by atoms with Gasteiger partial charge in [-0.3, -0.25) is 0 Å². The number of ether oxygens (including phenoxy) is 1. The molecule has 0 bridgehead atoms. The molecular weight excluding hydrogens is 248 g/mol. The molecule has 0 radical (unpaired) electrons. The van der Waals surface area contributed by atoms with Crippen molar-refractivity contribution >= 4 is 27.4 Å². The smallest absolute Gasteiger partial charge is 0.358 e. The molecular formula is C9H7BrN2O2. The van der Waals surface area contributed by atoms with Crippen molar-refractivity contribution in [1.29, 1.82) is 0 Å². The number of methoxy groups -OCH3 is 1. The molecule has 0 saturated heterocycles. The Labute approximate surface area is 88.6 Å². The molecule has 0 amide bonds. The summed E-state index contributed by atoms with van der Waals surface area (Å²) in [6, 6.07) is 3.71. The van der Waals surface area contributed by atoms with Crippen LogP contribution in [-0.4, -0.2) is 22.5 Å². The highest BCUT2D eigenvalue weighted by molar-refractivity contribution is 9.10. The van der Waals surface area contributed by atoms with Gasteiger partial charge < -0.3 is 9.14 Å². The van der Waals surface area contributed by atoms with Gasteiger partial charge in [-0.15, -0.1) is 0 Å². The summed E-state index contributed by atoms with van der Waals surface area (Å²) in [5, 5.41) is 0. The van der Waals surface area contributed by atoms with Crippen molar-refractivity contribution < 1.29 is 9.53 Å². The monoisotopic (exact) mass is 254 g/mol. The summed E-state index contributed by atoms with van der Waals surface area (Å²) in [5.74, 6) is -0.431. The Hall–Kier alpha value is -1.36. The molecule has 2 aromatic heterocycles. The predicted octanol–water partition coefficient (Wildman–Crippen LogP) is 1.88. The molecule has 2 aromatic rings. The Balaban J connectivity index is 2.73. The number of fused-ring (bicyclic) bond motifs is 1. The van der Waals surface area contributed by atoms with Crippen molar-refractivity contribution in [1.82, 2.24) is 9.38 Å². The Morgan fingerprint density at radius 3 is 3.14 bits per heavy atom. The molecule has 14 heavy (non-hydrogen) atoms. The SMILES string of the molecule is COC(=O)c1ncn2cccc(Br)c12. The van der Waals surface area contributed by atoms with Crippen LogP contribution in [0.2, 0.25) is 0 Å². The first kappa shape index (κ1) is 9.21. The molecule has 2 heterocycles. The standard InChI is InChI=1S/C9H7BrN2O2/c1-14-9(13)7-8-6(10)3-2-4-12(8)5-11-7/h2-5H,1H3. The molecule has 0 N–H and O–H groups in total. The van der Waals surface area contributed by atoms with E-state index in [-0.39, 0.29) is 0 Å². The van der Waals surface area contributed by atoms with E-state index in [1.807, 2.05) is 18.3 Å². The lowest BCUT2D eigenvalue weighted by Crippen LogP contribution is -2.02. The van der Waals surface area contributed by atoms with Gasteiger partial charge in [-0.2, -0.15) is 0 Å². The topological polar surface area (TPSA) is 43.6 Å². The van der Waals surface area contributed by atoms with E-state index in [0.717, 1.165) is 9.99 Å². The quantitative estimate of drug-likeness (QED) is 0.731. The second kappa shape index (κ2) is 3.42. The average molecular weight is 255 g/mol. The van der Waals surface area contributed by atoms with Crippen LogP contribution in [0.5, 0.6) is 0 Å². The lowest BCUT2D eigenvalue weighted by atomic mass is 10.3. The van der Waals surface area contributed by atoms with Gasteiger partial charge in [-0.05, 0) is 28.1 Å².